The maximum absolute atomic E-state index is 13.0. The Kier molecular flexibility index (Phi) is 19.2. The first kappa shape index (κ1) is 37.1. The summed E-state index contributed by atoms with van der Waals surface area (Å²) < 4.78 is 11.3. The Bertz CT molecular complexity index is 1090. The second kappa shape index (κ2) is 21.7. The molecule has 232 valence electrons. The second-order valence-corrected chi connectivity index (χ2v) is 12.1. The Morgan fingerprint density at radius 1 is 0.714 bits per heavy atom. The van der Waals surface area contributed by atoms with Crippen LogP contribution in [0, 0.1) is 5.92 Å². The minimum Gasteiger partial charge on any atom is -0.463 e. The molecule has 1 rings (SSSR count). The molecule has 0 saturated carbocycles. The number of esters is 1. The van der Waals surface area contributed by atoms with Gasteiger partial charge in [-0.1, -0.05) is 101 Å². The van der Waals surface area contributed by atoms with Gasteiger partial charge in [0.1, 0.15) is 0 Å². The molecular formula is C39H58O3. The van der Waals surface area contributed by atoms with E-state index in [0.717, 1.165) is 68.9 Å². The van der Waals surface area contributed by atoms with Crippen molar-refractivity contribution in [1.29, 1.82) is 0 Å². The molecule has 0 heterocycles. The average molecular weight is 575 g/mol. The van der Waals surface area contributed by atoms with Gasteiger partial charge in [0, 0.05) is 13.0 Å². The van der Waals surface area contributed by atoms with Crippen LogP contribution in [-0.4, -0.2) is 19.7 Å². The highest BCUT2D eigenvalue weighted by molar-refractivity contribution is 5.76. The Balaban J connectivity index is 2.82. The molecule has 0 fully saturated rings. The lowest BCUT2D eigenvalue weighted by Crippen LogP contribution is -2.22. The Morgan fingerprint density at radius 2 is 1.19 bits per heavy atom. The van der Waals surface area contributed by atoms with Crippen molar-refractivity contribution in [2.45, 2.75) is 112 Å². The molecule has 42 heavy (non-hydrogen) atoms. The molecule has 0 N–H and O–H groups in total. The third-order valence-corrected chi connectivity index (χ3v) is 7.48. The predicted octanol–water partition coefficient (Wildman–Crippen LogP) is 11.4. The fraction of sp³-hybridized carbons (Fsp3) is 0.513. The predicted molar refractivity (Wildman–Crippen MR) is 181 cm³/mol. The zero-order chi connectivity index (χ0) is 31.3. The molecule has 1 aromatic rings. The SMILES string of the molecule is C=C(CC/C=C(\C)CCC=C(C)C)[C@@H](C/C=C(\C)CC/C=C(\C)CCC=C(C)C)COC(=O)[C@@H](OC)c1ccccc1. The summed E-state index contributed by atoms with van der Waals surface area (Å²) in [5.41, 5.74) is 8.90. The lowest BCUT2D eigenvalue weighted by molar-refractivity contribution is -0.156. The number of methoxy groups -OCH3 is 1. The molecule has 0 radical (unpaired) electrons. The first-order valence-corrected chi connectivity index (χ1v) is 15.7. The lowest BCUT2D eigenvalue weighted by Gasteiger charge is -2.21. The number of hydrogen-bond donors (Lipinski definition) is 0. The van der Waals surface area contributed by atoms with E-state index in [1.54, 1.807) is 7.11 Å². The number of rotatable bonds is 20. The van der Waals surface area contributed by atoms with Crippen LogP contribution in [-0.2, 0) is 14.3 Å². The van der Waals surface area contributed by atoms with E-state index in [1.165, 1.54) is 27.9 Å². The summed E-state index contributed by atoms with van der Waals surface area (Å²) in [5.74, 6) is -0.288. The molecule has 3 nitrogen and oxygen atoms in total. The topological polar surface area (TPSA) is 35.5 Å². The Hall–Kier alpha value is -2.91. The summed E-state index contributed by atoms with van der Waals surface area (Å²) in [7, 11) is 1.55. The monoisotopic (exact) mass is 574 g/mol. The van der Waals surface area contributed by atoms with Crippen molar-refractivity contribution in [1.82, 2.24) is 0 Å². The molecule has 3 heteroatoms. The quantitative estimate of drug-likeness (QED) is 0.115. The van der Waals surface area contributed by atoms with Crippen LogP contribution in [0.2, 0.25) is 0 Å². The maximum Gasteiger partial charge on any atom is 0.339 e. The number of carbonyl (C=O) groups is 1. The normalized spacial score (nSPS) is 13.8. The Labute approximate surface area is 258 Å². The van der Waals surface area contributed by atoms with Crippen molar-refractivity contribution in [3.63, 3.8) is 0 Å². The van der Waals surface area contributed by atoms with Crippen molar-refractivity contribution < 1.29 is 14.3 Å². The standard InChI is InChI=1S/C39H58O3/c1-30(2)17-13-19-32(5)21-15-22-34(7)27-28-37(35(8)24-16-23-33(6)20-14-18-31(3)4)29-42-39(40)38(41-9)36-25-11-10-12-26-36/h10-12,17-18,21,23,25-27,37-38H,8,13-16,19-20,22,24,28-29H2,1-7,9H3/b32-21+,33-23+,34-27+/t37-,38-/m0/s1. The summed E-state index contributed by atoms with van der Waals surface area (Å²) in [6.07, 6.45) is 20.0. The number of benzene rings is 1. The zero-order valence-corrected chi connectivity index (χ0v) is 27.9. The van der Waals surface area contributed by atoms with E-state index in [-0.39, 0.29) is 11.9 Å². The van der Waals surface area contributed by atoms with Gasteiger partial charge in [-0.3, -0.25) is 0 Å². The molecule has 0 aliphatic heterocycles. The highest BCUT2D eigenvalue weighted by Crippen LogP contribution is 2.25. The van der Waals surface area contributed by atoms with Gasteiger partial charge in [0.15, 0.2) is 6.10 Å². The molecule has 1 aromatic carbocycles. The van der Waals surface area contributed by atoms with E-state index in [1.807, 2.05) is 30.3 Å². The van der Waals surface area contributed by atoms with Gasteiger partial charge in [-0.15, -0.1) is 0 Å². The third-order valence-electron chi connectivity index (χ3n) is 7.48. The largest absolute Gasteiger partial charge is 0.463 e. The number of carbonyl (C=O) groups excluding carboxylic acids is 1. The van der Waals surface area contributed by atoms with Crippen LogP contribution in [0.15, 0.2) is 101 Å². The number of hydrogen-bond acceptors (Lipinski definition) is 3. The van der Waals surface area contributed by atoms with Crippen LogP contribution >= 0.6 is 0 Å². The van der Waals surface area contributed by atoms with Crippen molar-refractivity contribution >= 4 is 5.97 Å². The average Bonchev–Trinajstić information content (AvgIpc) is 2.93. The second-order valence-electron chi connectivity index (χ2n) is 12.1. The molecule has 0 aliphatic carbocycles. The minimum atomic E-state index is -0.726. The molecule has 2 atom stereocenters. The van der Waals surface area contributed by atoms with Crippen LogP contribution in [0.3, 0.4) is 0 Å². The van der Waals surface area contributed by atoms with E-state index < -0.39 is 6.10 Å². The van der Waals surface area contributed by atoms with Gasteiger partial charge in [0.25, 0.3) is 0 Å². The third kappa shape index (κ3) is 17.1. The highest BCUT2D eigenvalue weighted by Gasteiger charge is 2.23. The molecule has 0 spiro atoms. The summed E-state index contributed by atoms with van der Waals surface area (Å²) in [5, 5.41) is 0. The fourth-order valence-corrected chi connectivity index (χ4v) is 4.69. The maximum atomic E-state index is 13.0. The van der Waals surface area contributed by atoms with Crippen molar-refractivity contribution in [2.24, 2.45) is 5.92 Å². The van der Waals surface area contributed by atoms with Crippen LogP contribution in [0.25, 0.3) is 0 Å². The Morgan fingerprint density at radius 3 is 1.69 bits per heavy atom. The van der Waals surface area contributed by atoms with Gasteiger partial charge < -0.3 is 9.47 Å². The fourth-order valence-electron chi connectivity index (χ4n) is 4.69. The first-order valence-electron chi connectivity index (χ1n) is 15.7. The van der Waals surface area contributed by atoms with Crippen molar-refractivity contribution in [3.05, 3.63) is 106 Å². The van der Waals surface area contributed by atoms with Gasteiger partial charge in [-0.25, -0.2) is 4.79 Å². The minimum absolute atomic E-state index is 0.0675. The van der Waals surface area contributed by atoms with Crippen LogP contribution in [0.4, 0.5) is 0 Å². The molecule has 0 bridgehead atoms. The summed E-state index contributed by atoms with van der Waals surface area (Å²) in [6, 6.07) is 9.52. The summed E-state index contributed by atoms with van der Waals surface area (Å²) >= 11 is 0. The zero-order valence-electron chi connectivity index (χ0n) is 27.9. The van der Waals surface area contributed by atoms with E-state index in [0.29, 0.717) is 6.61 Å². The molecule has 0 unspecified atom stereocenters. The van der Waals surface area contributed by atoms with E-state index in [2.05, 4.69) is 85.4 Å². The van der Waals surface area contributed by atoms with Crippen molar-refractivity contribution in [3.8, 4) is 0 Å². The summed E-state index contributed by atoms with van der Waals surface area (Å²) in [6.45, 7) is 20.0. The molecule has 0 aromatic heterocycles. The van der Waals surface area contributed by atoms with Gasteiger partial charge in [-0.05, 0) is 112 Å². The van der Waals surface area contributed by atoms with Gasteiger partial charge >= 0.3 is 5.97 Å². The number of ether oxygens (including phenoxy) is 2. The van der Waals surface area contributed by atoms with Crippen LogP contribution in [0.1, 0.15) is 118 Å². The number of allylic oxidation sites excluding steroid dienone is 10. The van der Waals surface area contributed by atoms with Gasteiger partial charge in [0.2, 0.25) is 0 Å². The van der Waals surface area contributed by atoms with E-state index >= 15 is 0 Å². The smallest absolute Gasteiger partial charge is 0.339 e. The van der Waals surface area contributed by atoms with E-state index in [4.69, 9.17) is 9.47 Å². The highest BCUT2D eigenvalue weighted by atomic mass is 16.6. The molecule has 0 saturated heterocycles. The lowest BCUT2D eigenvalue weighted by atomic mass is 9.92. The van der Waals surface area contributed by atoms with Crippen molar-refractivity contribution in [2.75, 3.05) is 13.7 Å². The van der Waals surface area contributed by atoms with Crippen LogP contribution in [0.5, 0.6) is 0 Å². The van der Waals surface area contributed by atoms with Crippen LogP contribution < -0.4 is 0 Å². The molecule has 0 amide bonds. The van der Waals surface area contributed by atoms with E-state index in [9.17, 15) is 4.79 Å². The van der Waals surface area contributed by atoms with Gasteiger partial charge in [0.05, 0.1) is 6.61 Å². The molecular weight excluding hydrogens is 516 g/mol. The van der Waals surface area contributed by atoms with Gasteiger partial charge in [-0.2, -0.15) is 0 Å². The summed E-state index contributed by atoms with van der Waals surface area (Å²) in [4.78, 5) is 13.0. The first-order chi connectivity index (χ1) is 20.0. The molecule has 0 aliphatic rings.